The Balaban J connectivity index is 1.26. The van der Waals surface area contributed by atoms with E-state index >= 15 is 0 Å². The number of hydrogen-bond acceptors (Lipinski definition) is 5. The Bertz CT molecular complexity index is 1840. The van der Waals surface area contributed by atoms with E-state index in [0.717, 1.165) is 63.7 Å². The fourth-order valence-corrected chi connectivity index (χ4v) is 4.91. The van der Waals surface area contributed by atoms with Gasteiger partial charge in [-0.25, -0.2) is 14.4 Å². The van der Waals surface area contributed by atoms with Crippen LogP contribution in [0, 0.1) is 11.7 Å². The van der Waals surface area contributed by atoms with Crippen LogP contribution in [-0.2, 0) is 4.79 Å². The molecule has 9 heteroatoms. The summed E-state index contributed by atoms with van der Waals surface area (Å²) in [5.41, 5.74) is 6.82. The van der Waals surface area contributed by atoms with Crippen LogP contribution < -0.4 is 5.32 Å². The van der Waals surface area contributed by atoms with Gasteiger partial charge in [0.15, 0.2) is 5.65 Å². The maximum Gasteiger partial charge on any atom is 0.227 e. The Labute approximate surface area is 216 Å². The summed E-state index contributed by atoms with van der Waals surface area (Å²) in [7, 11) is 0. The molecule has 1 aliphatic carbocycles. The summed E-state index contributed by atoms with van der Waals surface area (Å²) in [6.45, 7) is 0. The molecule has 186 valence electrons. The molecule has 38 heavy (non-hydrogen) atoms. The standard InChI is InChI=1S/C29H22FN7O/c30-20-6-2-5-17(9-20)22-7-8-32-27-23(22)12-25(35-27)26-24-11-19(14-33-28(24)37-36-26)18-10-21(15-31-13-18)34-29(38)16-3-1-4-16/h2,5-16H,1,3-4H2,(H,32,35)(H,34,38)(H,33,36,37). The van der Waals surface area contributed by atoms with Crippen LogP contribution in [0.5, 0.6) is 0 Å². The average Bonchev–Trinajstić information content (AvgIpc) is 3.51. The number of aromatic amines is 2. The van der Waals surface area contributed by atoms with E-state index < -0.39 is 0 Å². The summed E-state index contributed by atoms with van der Waals surface area (Å²) in [6, 6.07) is 14.3. The van der Waals surface area contributed by atoms with Crippen molar-refractivity contribution in [1.29, 1.82) is 0 Å². The fraction of sp³-hybridized carbons (Fsp3) is 0.138. The predicted octanol–water partition coefficient (Wildman–Crippen LogP) is 6.11. The molecule has 0 aliphatic heterocycles. The molecule has 0 unspecified atom stereocenters. The maximum absolute atomic E-state index is 13.9. The molecule has 7 rings (SSSR count). The molecule has 8 nitrogen and oxygen atoms in total. The second-order valence-corrected chi connectivity index (χ2v) is 9.59. The lowest BCUT2D eigenvalue weighted by Gasteiger charge is -2.24. The van der Waals surface area contributed by atoms with Crippen LogP contribution in [0.15, 0.2) is 73.3 Å². The lowest BCUT2D eigenvalue weighted by Crippen LogP contribution is -2.28. The molecule has 0 spiro atoms. The Morgan fingerprint density at radius 3 is 2.68 bits per heavy atom. The zero-order valence-electron chi connectivity index (χ0n) is 20.2. The first-order chi connectivity index (χ1) is 18.6. The summed E-state index contributed by atoms with van der Waals surface area (Å²) in [5, 5.41) is 12.2. The van der Waals surface area contributed by atoms with Gasteiger partial charge in [-0.05, 0) is 60.4 Å². The highest BCUT2D eigenvalue weighted by molar-refractivity contribution is 6.00. The van der Waals surface area contributed by atoms with Gasteiger partial charge in [-0.3, -0.25) is 14.9 Å². The molecule has 1 aliphatic rings. The largest absolute Gasteiger partial charge is 0.338 e. The summed E-state index contributed by atoms with van der Waals surface area (Å²) in [5.74, 6) is -0.147. The normalized spacial score (nSPS) is 13.6. The monoisotopic (exact) mass is 503 g/mol. The summed E-state index contributed by atoms with van der Waals surface area (Å²) in [4.78, 5) is 29.1. The number of rotatable bonds is 5. The van der Waals surface area contributed by atoms with Gasteiger partial charge >= 0.3 is 0 Å². The number of hydrogen-bond donors (Lipinski definition) is 3. The maximum atomic E-state index is 13.9. The molecule has 0 atom stereocenters. The van der Waals surface area contributed by atoms with E-state index in [4.69, 9.17) is 0 Å². The highest BCUT2D eigenvalue weighted by Gasteiger charge is 2.25. The molecule has 1 saturated carbocycles. The number of H-pyrrole nitrogens is 2. The number of halogens is 1. The van der Waals surface area contributed by atoms with Gasteiger partial charge in [0.05, 0.1) is 23.3 Å². The molecule has 1 fully saturated rings. The van der Waals surface area contributed by atoms with Crippen molar-refractivity contribution in [2.24, 2.45) is 5.92 Å². The zero-order chi connectivity index (χ0) is 25.6. The fourth-order valence-electron chi connectivity index (χ4n) is 4.91. The number of carbonyl (C=O) groups is 1. The number of fused-ring (bicyclic) bond motifs is 2. The number of carbonyl (C=O) groups excluding carboxylic acids is 1. The van der Waals surface area contributed by atoms with Crippen LogP contribution in [0.1, 0.15) is 19.3 Å². The minimum atomic E-state index is -0.289. The first kappa shape index (κ1) is 22.3. The zero-order valence-corrected chi connectivity index (χ0v) is 20.2. The molecule has 0 radical (unpaired) electrons. The number of aromatic nitrogens is 6. The minimum Gasteiger partial charge on any atom is -0.338 e. The van der Waals surface area contributed by atoms with E-state index in [1.54, 1.807) is 30.9 Å². The van der Waals surface area contributed by atoms with Crippen molar-refractivity contribution in [3.63, 3.8) is 0 Å². The van der Waals surface area contributed by atoms with E-state index in [2.05, 4.69) is 35.5 Å². The van der Waals surface area contributed by atoms with Gasteiger partial charge in [-0.2, -0.15) is 5.10 Å². The van der Waals surface area contributed by atoms with Crippen molar-refractivity contribution in [3.05, 3.63) is 79.1 Å². The number of anilines is 1. The highest BCUT2D eigenvalue weighted by Crippen LogP contribution is 2.34. The summed E-state index contributed by atoms with van der Waals surface area (Å²) >= 11 is 0. The molecule has 1 aromatic carbocycles. The van der Waals surface area contributed by atoms with E-state index in [0.29, 0.717) is 17.0 Å². The molecule has 1 amide bonds. The SMILES string of the molecule is O=C(Nc1cncc(-c2cnc3n[nH]c(-c4cc5c(-c6cccc(F)c6)ccnc5[nH]4)c3c2)c1)C1CCC1. The Morgan fingerprint density at radius 1 is 0.947 bits per heavy atom. The summed E-state index contributed by atoms with van der Waals surface area (Å²) in [6.07, 6.45) is 9.84. The molecule has 0 bridgehead atoms. The Hall–Kier alpha value is -4.92. The number of pyridine rings is 3. The van der Waals surface area contributed by atoms with E-state index in [9.17, 15) is 9.18 Å². The van der Waals surface area contributed by atoms with Crippen LogP contribution in [0.2, 0.25) is 0 Å². The van der Waals surface area contributed by atoms with E-state index in [-0.39, 0.29) is 17.6 Å². The van der Waals surface area contributed by atoms with Gasteiger partial charge in [-0.1, -0.05) is 18.6 Å². The molecule has 0 saturated heterocycles. The van der Waals surface area contributed by atoms with Gasteiger partial charge in [0.25, 0.3) is 0 Å². The van der Waals surface area contributed by atoms with E-state index in [1.807, 2.05) is 30.3 Å². The quantitative estimate of drug-likeness (QED) is 0.263. The lowest BCUT2D eigenvalue weighted by molar-refractivity contribution is -0.122. The first-order valence-electron chi connectivity index (χ1n) is 12.5. The predicted molar refractivity (Wildman–Crippen MR) is 144 cm³/mol. The number of nitrogens with one attached hydrogen (secondary N) is 3. The van der Waals surface area contributed by atoms with Crippen molar-refractivity contribution in [2.45, 2.75) is 19.3 Å². The number of nitrogens with zero attached hydrogens (tertiary/aromatic N) is 4. The smallest absolute Gasteiger partial charge is 0.227 e. The average molecular weight is 504 g/mol. The van der Waals surface area contributed by atoms with Crippen molar-refractivity contribution in [2.75, 3.05) is 5.32 Å². The second kappa shape index (κ2) is 8.88. The van der Waals surface area contributed by atoms with Gasteiger partial charge in [0.1, 0.15) is 11.5 Å². The molecular formula is C29H22FN7O. The second-order valence-electron chi connectivity index (χ2n) is 9.59. The molecule has 3 N–H and O–H groups in total. The Morgan fingerprint density at radius 2 is 1.84 bits per heavy atom. The number of benzene rings is 1. The van der Waals surface area contributed by atoms with Crippen molar-refractivity contribution >= 4 is 33.7 Å². The van der Waals surface area contributed by atoms with Crippen LogP contribution in [0.3, 0.4) is 0 Å². The molecule has 6 aromatic rings. The van der Waals surface area contributed by atoms with Crippen LogP contribution in [-0.4, -0.2) is 36.0 Å². The van der Waals surface area contributed by atoms with E-state index in [1.165, 1.54) is 12.1 Å². The topological polar surface area (TPSA) is 112 Å². The molecule has 5 heterocycles. The van der Waals surface area contributed by atoms with Crippen LogP contribution in [0.4, 0.5) is 10.1 Å². The third kappa shape index (κ3) is 3.88. The minimum absolute atomic E-state index is 0.0472. The van der Waals surface area contributed by atoms with Crippen molar-refractivity contribution < 1.29 is 9.18 Å². The van der Waals surface area contributed by atoms with Gasteiger partial charge in [0, 0.05) is 46.4 Å². The number of amides is 1. The third-order valence-electron chi connectivity index (χ3n) is 7.16. The van der Waals surface area contributed by atoms with Crippen LogP contribution in [0.25, 0.3) is 55.7 Å². The first-order valence-corrected chi connectivity index (χ1v) is 12.5. The van der Waals surface area contributed by atoms with Crippen LogP contribution >= 0.6 is 0 Å². The van der Waals surface area contributed by atoms with Gasteiger partial charge in [0.2, 0.25) is 5.91 Å². The van der Waals surface area contributed by atoms with Gasteiger partial charge < -0.3 is 10.3 Å². The van der Waals surface area contributed by atoms with Crippen molar-refractivity contribution in [3.8, 4) is 33.6 Å². The van der Waals surface area contributed by atoms with Gasteiger partial charge in [-0.15, -0.1) is 0 Å². The third-order valence-corrected chi connectivity index (χ3v) is 7.16. The molecule has 5 aromatic heterocycles. The van der Waals surface area contributed by atoms with Crippen molar-refractivity contribution in [1.82, 2.24) is 30.1 Å². The highest BCUT2D eigenvalue weighted by atomic mass is 19.1. The molecular weight excluding hydrogens is 481 g/mol. The lowest BCUT2D eigenvalue weighted by atomic mass is 9.85. The summed E-state index contributed by atoms with van der Waals surface area (Å²) < 4.78 is 13.9. The Kier molecular flexibility index (Phi) is 5.21.